The number of likely N-dealkylation sites (tertiary alicyclic amines) is 1. The van der Waals surface area contributed by atoms with E-state index < -0.39 is 0 Å². The highest BCUT2D eigenvalue weighted by Crippen LogP contribution is 2.38. The maximum absolute atomic E-state index is 12.9. The molecule has 0 radical (unpaired) electrons. The van der Waals surface area contributed by atoms with Crippen molar-refractivity contribution in [3.05, 3.63) is 26.7 Å². The Kier molecular flexibility index (Phi) is 3.86. The number of aromatic nitrogens is 4. The Morgan fingerprint density at radius 1 is 1.30 bits per heavy atom. The Morgan fingerprint density at radius 3 is 2.85 bits per heavy atom. The Morgan fingerprint density at radius 2 is 2.07 bits per heavy atom. The van der Waals surface area contributed by atoms with Crippen molar-refractivity contribution in [3.8, 4) is 0 Å². The first kappa shape index (κ1) is 16.9. The number of thiophene rings is 1. The van der Waals surface area contributed by atoms with Gasteiger partial charge in [-0.3, -0.25) is 4.79 Å². The number of hydrogen-bond acceptors (Lipinski definition) is 5. The van der Waals surface area contributed by atoms with Gasteiger partial charge < -0.3 is 4.90 Å². The molecule has 0 unspecified atom stereocenters. The Labute approximate surface area is 160 Å². The van der Waals surface area contributed by atoms with E-state index in [0.29, 0.717) is 17.4 Å². The third-order valence-corrected chi connectivity index (χ3v) is 7.04. The van der Waals surface area contributed by atoms with Gasteiger partial charge in [0.25, 0.3) is 0 Å². The number of carbonyl (C=O) groups excluding carboxylic acids is 1. The summed E-state index contributed by atoms with van der Waals surface area (Å²) in [5.41, 5.74) is 1.69. The van der Waals surface area contributed by atoms with Crippen LogP contribution in [0.5, 0.6) is 0 Å². The molecule has 8 heteroatoms. The summed E-state index contributed by atoms with van der Waals surface area (Å²) in [5.74, 6) is 1.29. The minimum atomic E-state index is -0.270. The number of nitrogens with zero attached hydrogens (tertiary/aromatic N) is 5. The van der Waals surface area contributed by atoms with Crippen LogP contribution in [0.25, 0.3) is 15.9 Å². The van der Waals surface area contributed by atoms with Crippen LogP contribution in [0.1, 0.15) is 42.5 Å². The van der Waals surface area contributed by atoms with Crippen LogP contribution in [0.15, 0.2) is 4.79 Å². The van der Waals surface area contributed by atoms with E-state index in [1.54, 1.807) is 15.7 Å². The molecular weight excluding hydrogens is 362 g/mol. The number of amides is 1. The van der Waals surface area contributed by atoms with Crippen LogP contribution in [-0.4, -0.2) is 43.1 Å². The summed E-state index contributed by atoms with van der Waals surface area (Å²) in [4.78, 5) is 34.3. The van der Waals surface area contributed by atoms with Crippen molar-refractivity contribution in [2.75, 3.05) is 13.1 Å². The Bertz CT molecular complexity index is 1120. The topological polar surface area (TPSA) is 72.5 Å². The molecule has 1 fully saturated rings. The predicted molar refractivity (Wildman–Crippen MR) is 104 cm³/mol. The fraction of sp³-hybridized carbons (Fsp3) is 0.579. The zero-order chi connectivity index (χ0) is 18.7. The lowest BCUT2D eigenvalue weighted by Gasteiger charge is -2.17. The summed E-state index contributed by atoms with van der Waals surface area (Å²) in [6.45, 7) is 5.68. The van der Waals surface area contributed by atoms with E-state index in [2.05, 4.69) is 12.0 Å². The SMILES string of the molecule is Cc1nc2sc3c(c2c2nn(CC(=O)N4CCCC4)c(=O)n12)CC[C@@H](C)C3. The van der Waals surface area contributed by atoms with Gasteiger partial charge in [0.2, 0.25) is 5.91 Å². The summed E-state index contributed by atoms with van der Waals surface area (Å²) in [5, 5.41) is 5.61. The minimum absolute atomic E-state index is 0.00477. The fourth-order valence-electron chi connectivity index (χ4n) is 4.40. The van der Waals surface area contributed by atoms with Crippen molar-refractivity contribution in [1.29, 1.82) is 0 Å². The molecule has 0 aromatic carbocycles. The lowest BCUT2D eigenvalue weighted by Crippen LogP contribution is -2.35. The Hall–Kier alpha value is -2.22. The molecule has 0 bridgehead atoms. The first-order valence-corrected chi connectivity index (χ1v) is 10.5. The molecule has 27 heavy (non-hydrogen) atoms. The van der Waals surface area contributed by atoms with E-state index in [9.17, 15) is 9.59 Å². The third-order valence-electron chi connectivity index (χ3n) is 5.89. The average Bonchev–Trinajstić information content (AvgIpc) is 3.33. The monoisotopic (exact) mass is 385 g/mol. The number of fused-ring (bicyclic) bond motifs is 5. The second kappa shape index (κ2) is 6.15. The molecular formula is C19H23N5O2S. The van der Waals surface area contributed by atoms with Crippen LogP contribution in [0.4, 0.5) is 0 Å². The molecule has 1 atom stereocenters. The first-order valence-electron chi connectivity index (χ1n) is 9.71. The van der Waals surface area contributed by atoms with Crippen LogP contribution in [-0.2, 0) is 24.2 Å². The molecule has 0 N–H and O–H groups in total. The van der Waals surface area contributed by atoms with Crippen molar-refractivity contribution in [1.82, 2.24) is 24.1 Å². The van der Waals surface area contributed by atoms with Crippen molar-refractivity contribution < 1.29 is 4.79 Å². The standard InChI is InChI=1S/C19H23N5O2S/c1-11-5-6-13-14(9-11)27-18-16(13)17-21-23(19(26)24(17)12(2)20-18)10-15(25)22-7-3-4-8-22/h11H,3-10H2,1-2H3/t11-/m1/s1. The van der Waals surface area contributed by atoms with Crippen LogP contribution in [0.3, 0.4) is 0 Å². The van der Waals surface area contributed by atoms with Crippen molar-refractivity contribution in [3.63, 3.8) is 0 Å². The molecule has 142 valence electrons. The van der Waals surface area contributed by atoms with E-state index in [-0.39, 0.29) is 18.1 Å². The second-order valence-corrected chi connectivity index (χ2v) is 8.96. The number of rotatable bonds is 2. The molecule has 3 aromatic rings. The maximum atomic E-state index is 12.9. The number of hydrogen-bond donors (Lipinski definition) is 0. The third kappa shape index (κ3) is 2.61. The summed E-state index contributed by atoms with van der Waals surface area (Å²) in [7, 11) is 0. The maximum Gasteiger partial charge on any atom is 0.352 e. The zero-order valence-electron chi connectivity index (χ0n) is 15.7. The highest BCUT2D eigenvalue weighted by atomic mass is 32.1. The van der Waals surface area contributed by atoms with E-state index in [1.807, 2.05) is 11.8 Å². The highest BCUT2D eigenvalue weighted by molar-refractivity contribution is 7.19. The number of carbonyl (C=O) groups is 1. The Balaban J connectivity index is 1.65. The van der Waals surface area contributed by atoms with Crippen LogP contribution in [0.2, 0.25) is 0 Å². The van der Waals surface area contributed by atoms with Gasteiger partial charge in [-0.2, -0.15) is 0 Å². The van der Waals surface area contributed by atoms with Crippen LogP contribution >= 0.6 is 11.3 Å². The van der Waals surface area contributed by atoms with Crippen LogP contribution in [0, 0.1) is 12.8 Å². The van der Waals surface area contributed by atoms with Gasteiger partial charge in [0.1, 0.15) is 17.2 Å². The second-order valence-electron chi connectivity index (χ2n) is 7.88. The zero-order valence-corrected chi connectivity index (χ0v) is 16.5. The van der Waals surface area contributed by atoms with Gasteiger partial charge in [0, 0.05) is 18.0 Å². The summed E-state index contributed by atoms with van der Waals surface area (Å²) in [6.07, 6.45) is 5.30. The molecule has 1 amide bonds. The lowest BCUT2D eigenvalue weighted by atomic mass is 9.89. The molecule has 0 saturated carbocycles. The van der Waals surface area contributed by atoms with Gasteiger partial charge in [-0.15, -0.1) is 16.4 Å². The van der Waals surface area contributed by atoms with E-state index in [1.165, 1.54) is 15.1 Å². The van der Waals surface area contributed by atoms with Crippen LogP contribution < -0.4 is 5.69 Å². The highest BCUT2D eigenvalue weighted by Gasteiger charge is 2.26. The molecule has 7 nitrogen and oxygen atoms in total. The molecule has 0 spiro atoms. The van der Waals surface area contributed by atoms with Gasteiger partial charge in [0.15, 0.2) is 5.65 Å². The predicted octanol–water partition coefficient (Wildman–Crippen LogP) is 2.16. The van der Waals surface area contributed by atoms with Crippen molar-refractivity contribution in [2.45, 2.75) is 52.5 Å². The van der Waals surface area contributed by atoms with Crippen molar-refractivity contribution in [2.24, 2.45) is 5.92 Å². The van der Waals surface area contributed by atoms with E-state index in [0.717, 1.165) is 55.4 Å². The summed E-state index contributed by atoms with van der Waals surface area (Å²) in [6, 6.07) is 0. The largest absolute Gasteiger partial charge is 0.352 e. The molecule has 1 saturated heterocycles. The number of aryl methyl sites for hydroxylation is 2. The summed E-state index contributed by atoms with van der Waals surface area (Å²) >= 11 is 1.73. The minimum Gasteiger partial charge on any atom is -0.341 e. The van der Waals surface area contributed by atoms with Gasteiger partial charge in [-0.05, 0) is 50.5 Å². The fourth-order valence-corrected chi connectivity index (χ4v) is 5.82. The van der Waals surface area contributed by atoms with Gasteiger partial charge in [-0.1, -0.05) is 6.92 Å². The molecule has 5 rings (SSSR count). The quantitative estimate of drug-likeness (QED) is 0.678. The lowest BCUT2D eigenvalue weighted by molar-refractivity contribution is -0.131. The van der Waals surface area contributed by atoms with Gasteiger partial charge in [0.05, 0.1) is 5.39 Å². The molecule has 3 aromatic heterocycles. The molecule has 2 aliphatic rings. The van der Waals surface area contributed by atoms with Crippen molar-refractivity contribution >= 4 is 33.1 Å². The van der Waals surface area contributed by atoms with Gasteiger partial charge in [-0.25, -0.2) is 18.9 Å². The molecule has 1 aliphatic carbocycles. The first-order chi connectivity index (χ1) is 13.0. The average molecular weight is 385 g/mol. The normalized spacial score (nSPS) is 19.9. The summed E-state index contributed by atoms with van der Waals surface area (Å²) < 4.78 is 2.89. The van der Waals surface area contributed by atoms with E-state index in [4.69, 9.17) is 4.98 Å². The smallest absolute Gasteiger partial charge is 0.341 e. The molecule has 1 aliphatic heterocycles. The van der Waals surface area contributed by atoms with E-state index >= 15 is 0 Å². The van der Waals surface area contributed by atoms with Gasteiger partial charge >= 0.3 is 5.69 Å². The molecule has 4 heterocycles.